The molecule has 0 amide bonds. The van der Waals surface area contributed by atoms with Gasteiger partial charge in [0.25, 0.3) is 0 Å². The van der Waals surface area contributed by atoms with Crippen molar-refractivity contribution in [2.75, 3.05) is 46.6 Å². The Labute approximate surface area is 92.2 Å². The van der Waals surface area contributed by atoms with Gasteiger partial charge in [0.05, 0.1) is 19.3 Å². The molecule has 0 atom stereocenters. The molecule has 0 aliphatic carbocycles. The van der Waals surface area contributed by atoms with Gasteiger partial charge in [-0.25, -0.2) is 0 Å². The Hall–Kier alpha value is -0.160. The summed E-state index contributed by atoms with van der Waals surface area (Å²) in [6.07, 6.45) is 2.84. The Balaban J connectivity index is 1.87. The molecule has 90 valence electrons. The van der Waals surface area contributed by atoms with Crippen LogP contribution in [0.5, 0.6) is 0 Å². The zero-order valence-electron chi connectivity index (χ0n) is 9.65. The van der Waals surface area contributed by atoms with Crippen molar-refractivity contribution < 1.29 is 14.6 Å². The first kappa shape index (κ1) is 12.9. The Morgan fingerprint density at radius 2 is 1.93 bits per heavy atom. The van der Waals surface area contributed by atoms with Crippen LogP contribution in [-0.2, 0) is 9.47 Å². The van der Waals surface area contributed by atoms with Crippen LogP contribution in [0.25, 0.3) is 0 Å². The highest BCUT2D eigenvalue weighted by atomic mass is 16.5. The van der Waals surface area contributed by atoms with Crippen molar-refractivity contribution in [3.8, 4) is 0 Å². The van der Waals surface area contributed by atoms with E-state index in [4.69, 9.17) is 9.47 Å². The fraction of sp³-hybridized carbons (Fsp3) is 1.00. The molecule has 15 heavy (non-hydrogen) atoms. The number of nitrogens with zero attached hydrogens (tertiary/aromatic N) is 1. The highest BCUT2D eigenvalue weighted by molar-refractivity contribution is 4.70. The highest BCUT2D eigenvalue weighted by Crippen LogP contribution is 2.09. The van der Waals surface area contributed by atoms with Crippen LogP contribution in [-0.4, -0.2) is 62.7 Å². The molecule has 1 aliphatic rings. The smallest absolute Gasteiger partial charge is 0.0700 e. The first-order valence-corrected chi connectivity index (χ1v) is 5.80. The molecule has 1 saturated heterocycles. The summed E-state index contributed by atoms with van der Waals surface area (Å²) in [6.45, 7) is 5.31. The van der Waals surface area contributed by atoms with Crippen molar-refractivity contribution in [2.24, 2.45) is 0 Å². The summed E-state index contributed by atoms with van der Waals surface area (Å²) in [5.74, 6) is 0. The van der Waals surface area contributed by atoms with Crippen molar-refractivity contribution in [1.29, 1.82) is 0 Å². The minimum absolute atomic E-state index is 0.0702. The van der Waals surface area contributed by atoms with Crippen LogP contribution in [0.3, 0.4) is 0 Å². The van der Waals surface area contributed by atoms with Gasteiger partial charge in [0, 0.05) is 33.4 Å². The van der Waals surface area contributed by atoms with Crippen LogP contribution < -0.4 is 0 Å². The lowest BCUT2D eigenvalue weighted by Gasteiger charge is -2.29. The van der Waals surface area contributed by atoms with Gasteiger partial charge >= 0.3 is 0 Å². The third-order valence-corrected chi connectivity index (χ3v) is 2.75. The van der Waals surface area contributed by atoms with Gasteiger partial charge < -0.3 is 19.5 Å². The van der Waals surface area contributed by atoms with Crippen LogP contribution in [0.15, 0.2) is 0 Å². The highest BCUT2D eigenvalue weighted by Gasteiger charge is 2.15. The van der Waals surface area contributed by atoms with Crippen molar-refractivity contribution in [1.82, 2.24) is 4.90 Å². The molecule has 1 rings (SSSR count). The molecule has 0 bridgehead atoms. The van der Waals surface area contributed by atoms with Crippen molar-refractivity contribution in [2.45, 2.75) is 25.4 Å². The summed E-state index contributed by atoms with van der Waals surface area (Å²) in [6, 6.07) is 0. The summed E-state index contributed by atoms with van der Waals surface area (Å²) in [5.41, 5.74) is 0. The van der Waals surface area contributed by atoms with E-state index in [9.17, 15) is 5.11 Å². The van der Waals surface area contributed by atoms with Crippen LogP contribution in [0.2, 0.25) is 0 Å². The van der Waals surface area contributed by atoms with Crippen LogP contribution in [0, 0.1) is 0 Å². The van der Waals surface area contributed by atoms with Crippen LogP contribution in [0.4, 0.5) is 0 Å². The zero-order chi connectivity index (χ0) is 10.9. The first-order valence-electron chi connectivity index (χ1n) is 5.80. The normalized spacial score (nSPS) is 19.6. The van der Waals surface area contributed by atoms with E-state index in [2.05, 4.69) is 4.90 Å². The number of ether oxygens (including phenoxy) is 2. The molecule has 0 spiro atoms. The van der Waals surface area contributed by atoms with Crippen LogP contribution >= 0.6 is 0 Å². The summed E-state index contributed by atoms with van der Waals surface area (Å²) in [7, 11) is 1.68. The van der Waals surface area contributed by atoms with Crippen molar-refractivity contribution in [3.63, 3.8) is 0 Å². The van der Waals surface area contributed by atoms with Gasteiger partial charge in [0.2, 0.25) is 0 Å². The number of aliphatic hydroxyl groups excluding tert-OH is 1. The quantitative estimate of drug-likeness (QED) is 0.630. The predicted molar refractivity (Wildman–Crippen MR) is 59.0 cm³/mol. The second-order valence-electron chi connectivity index (χ2n) is 4.03. The van der Waals surface area contributed by atoms with E-state index >= 15 is 0 Å². The lowest BCUT2D eigenvalue weighted by atomic mass is 10.1. The van der Waals surface area contributed by atoms with Crippen molar-refractivity contribution in [3.05, 3.63) is 0 Å². The molecule has 4 heteroatoms. The second-order valence-corrected chi connectivity index (χ2v) is 4.03. The summed E-state index contributed by atoms with van der Waals surface area (Å²) >= 11 is 0. The maximum absolute atomic E-state index is 9.33. The number of piperidine rings is 1. The third-order valence-electron chi connectivity index (χ3n) is 2.75. The zero-order valence-corrected chi connectivity index (χ0v) is 9.65. The van der Waals surface area contributed by atoms with E-state index in [-0.39, 0.29) is 6.10 Å². The average molecular weight is 217 g/mol. The second kappa shape index (κ2) is 8.05. The largest absolute Gasteiger partial charge is 0.393 e. The van der Waals surface area contributed by atoms with Gasteiger partial charge in [-0.15, -0.1) is 0 Å². The van der Waals surface area contributed by atoms with Gasteiger partial charge in [-0.05, 0) is 19.3 Å². The van der Waals surface area contributed by atoms with E-state index in [1.807, 2.05) is 0 Å². The Morgan fingerprint density at radius 1 is 1.20 bits per heavy atom. The monoisotopic (exact) mass is 217 g/mol. The van der Waals surface area contributed by atoms with Crippen molar-refractivity contribution >= 4 is 0 Å². The minimum atomic E-state index is -0.0702. The first-order chi connectivity index (χ1) is 7.33. The van der Waals surface area contributed by atoms with Gasteiger partial charge in [-0.3, -0.25) is 0 Å². The standard InChI is InChI=1S/C11H23NO3/c1-14-9-10-15-8-2-5-12-6-3-11(13)4-7-12/h11,13H,2-10H2,1H3. The van der Waals surface area contributed by atoms with E-state index in [0.717, 1.165) is 45.5 Å². The number of hydrogen-bond acceptors (Lipinski definition) is 4. The molecular weight excluding hydrogens is 194 g/mol. The molecule has 4 nitrogen and oxygen atoms in total. The van der Waals surface area contributed by atoms with E-state index in [1.165, 1.54) is 0 Å². The Morgan fingerprint density at radius 3 is 2.60 bits per heavy atom. The van der Waals surface area contributed by atoms with Gasteiger partial charge in [-0.1, -0.05) is 0 Å². The van der Waals surface area contributed by atoms with E-state index < -0.39 is 0 Å². The molecule has 1 heterocycles. The Kier molecular flexibility index (Phi) is 6.92. The predicted octanol–water partition coefficient (Wildman–Crippen LogP) is 0.496. The summed E-state index contributed by atoms with van der Waals surface area (Å²) in [5, 5.41) is 9.33. The maximum atomic E-state index is 9.33. The fourth-order valence-electron chi connectivity index (χ4n) is 1.78. The molecule has 0 aromatic heterocycles. The maximum Gasteiger partial charge on any atom is 0.0700 e. The minimum Gasteiger partial charge on any atom is -0.393 e. The Bertz CT molecular complexity index is 147. The molecule has 0 radical (unpaired) electrons. The molecule has 0 aromatic rings. The third kappa shape index (κ3) is 6.10. The lowest BCUT2D eigenvalue weighted by Crippen LogP contribution is -2.36. The molecule has 1 N–H and O–H groups in total. The average Bonchev–Trinajstić information content (AvgIpc) is 2.26. The molecule has 1 fully saturated rings. The lowest BCUT2D eigenvalue weighted by molar-refractivity contribution is 0.0547. The van der Waals surface area contributed by atoms with Gasteiger partial charge in [0.1, 0.15) is 0 Å². The van der Waals surface area contributed by atoms with Crippen LogP contribution in [0.1, 0.15) is 19.3 Å². The fourth-order valence-corrected chi connectivity index (χ4v) is 1.78. The number of likely N-dealkylation sites (tertiary alicyclic amines) is 1. The summed E-state index contributed by atoms with van der Waals surface area (Å²) in [4.78, 5) is 2.40. The summed E-state index contributed by atoms with van der Waals surface area (Å²) < 4.78 is 10.3. The van der Waals surface area contributed by atoms with E-state index in [0.29, 0.717) is 13.2 Å². The van der Waals surface area contributed by atoms with E-state index in [1.54, 1.807) is 7.11 Å². The van der Waals surface area contributed by atoms with Gasteiger partial charge in [0.15, 0.2) is 0 Å². The molecule has 1 aliphatic heterocycles. The molecular formula is C11H23NO3. The number of rotatable bonds is 7. The SMILES string of the molecule is COCCOCCCN1CCC(O)CC1. The number of methoxy groups -OCH3 is 1. The number of hydrogen-bond donors (Lipinski definition) is 1. The van der Waals surface area contributed by atoms with Gasteiger partial charge in [-0.2, -0.15) is 0 Å². The molecule has 0 saturated carbocycles. The topological polar surface area (TPSA) is 41.9 Å². The molecule has 0 aromatic carbocycles. The molecule has 0 unspecified atom stereocenters. The number of aliphatic hydroxyl groups is 1.